The lowest BCUT2D eigenvalue weighted by Gasteiger charge is -2.11. The van der Waals surface area contributed by atoms with E-state index in [1.165, 1.54) is 23.3 Å². The molecule has 21 heavy (non-hydrogen) atoms. The van der Waals surface area contributed by atoms with Crippen LogP contribution in [-0.4, -0.2) is 29.8 Å². The first-order valence-corrected chi connectivity index (χ1v) is 6.24. The molecule has 0 aliphatic rings. The molecule has 0 saturated carbocycles. The summed E-state index contributed by atoms with van der Waals surface area (Å²) in [6.07, 6.45) is 3.09. The molecular weight excluding hydrogens is 274 g/mol. The van der Waals surface area contributed by atoms with Crippen molar-refractivity contribution in [2.75, 3.05) is 19.4 Å². The number of carbonyl (C=O) groups is 1. The minimum Gasteiger partial charge on any atom is -0.472 e. The third-order valence-corrected chi connectivity index (χ3v) is 2.91. The van der Waals surface area contributed by atoms with E-state index in [1.807, 2.05) is 0 Å². The van der Waals surface area contributed by atoms with E-state index in [2.05, 4.69) is 5.32 Å². The minimum atomic E-state index is -0.510. The van der Waals surface area contributed by atoms with Crippen molar-refractivity contribution in [3.05, 3.63) is 58.0 Å². The highest BCUT2D eigenvalue weighted by molar-refractivity contribution is 5.95. The number of carbonyl (C=O) groups excluding carboxylic acids is 1. The second kappa shape index (κ2) is 6.08. The topological polar surface area (TPSA) is 88.6 Å². The molecule has 110 valence electrons. The smallest absolute Gasteiger partial charge is 0.293 e. The Kier molecular flexibility index (Phi) is 4.22. The zero-order valence-corrected chi connectivity index (χ0v) is 11.7. The number of nitrogens with one attached hydrogen (secondary N) is 1. The largest absolute Gasteiger partial charge is 0.472 e. The lowest BCUT2D eigenvalue weighted by Crippen LogP contribution is -2.21. The Bertz CT molecular complexity index is 650. The average Bonchev–Trinajstić information content (AvgIpc) is 2.97. The molecular formula is C14H15N3O4. The molecule has 0 unspecified atom stereocenters. The highest BCUT2D eigenvalue weighted by atomic mass is 16.6. The molecule has 2 rings (SSSR count). The first-order valence-electron chi connectivity index (χ1n) is 6.24. The summed E-state index contributed by atoms with van der Waals surface area (Å²) >= 11 is 0. The predicted molar refractivity (Wildman–Crippen MR) is 77.1 cm³/mol. The zero-order chi connectivity index (χ0) is 15.4. The summed E-state index contributed by atoms with van der Waals surface area (Å²) in [6.45, 7) is 0.401. The Morgan fingerprint density at radius 1 is 1.38 bits per heavy atom. The summed E-state index contributed by atoms with van der Waals surface area (Å²) in [7, 11) is 3.19. The molecule has 0 bridgehead atoms. The highest BCUT2D eigenvalue weighted by Gasteiger charge is 2.18. The first kappa shape index (κ1) is 14.6. The van der Waals surface area contributed by atoms with Crippen LogP contribution in [-0.2, 0) is 6.54 Å². The average molecular weight is 289 g/mol. The van der Waals surface area contributed by atoms with Gasteiger partial charge in [0.05, 0.1) is 17.4 Å². The van der Waals surface area contributed by atoms with Crippen LogP contribution in [0.1, 0.15) is 15.9 Å². The number of rotatable bonds is 5. The van der Waals surface area contributed by atoms with Crippen molar-refractivity contribution in [3.8, 4) is 0 Å². The van der Waals surface area contributed by atoms with E-state index >= 15 is 0 Å². The molecule has 1 N–H and O–H groups in total. The Balaban J connectivity index is 2.25. The van der Waals surface area contributed by atoms with Gasteiger partial charge in [-0.25, -0.2) is 0 Å². The van der Waals surface area contributed by atoms with Gasteiger partial charge in [0.1, 0.15) is 5.69 Å². The van der Waals surface area contributed by atoms with Crippen LogP contribution in [0.3, 0.4) is 0 Å². The molecule has 0 aliphatic carbocycles. The third kappa shape index (κ3) is 3.38. The van der Waals surface area contributed by atoms with Crippen molar-refractivity contribution in [2.24, 2.45) is 0 Å². The molecule has 1 aromatic heterocycles. The fourth-order valence-electron chi connectivity index (χ4n) is 1.81. The molecule has 1 heterocycles. The van der Waals surface area contributed by atoms with Crippen molar-refractivity contribution in [1.29, 1.82) is 0 Å². The fourth-order valence-corrected chi connectivity index (χ4v) is 1.81. The van der Waals surface area contributed by atoms with E-state index in [0.717, 1.165) is 5.56 Å². The molecule has 0 saturated heterocycles. The van der Waals surface area contributed by atoms with Crippen molar-refractivity contribution in [2.45, 2.75) is 6.54 Å². The number of nitrogens with zero attached hydrogens (tertiary/aromatic N) is 2. The summed E-state index contributed by atoms with van der Waals surface area (Å²) in [5.41, 5.74) is 1.38. The lowest BCUT2D eigenvalue weighted by atomic mass is 10.1. The monoisotopic (exact) mass is 289 g/mol. The second-order valence-electron chi connectivity index (χ2n) is 4.67. The summed E-state index contributed by atoms with van der Waals surface area (Å²) in [6, 6.07) is 6.14. The van der Waals surface area contributed by atoms with Crippen molar-refractivity contribution in [1.82, 2.24) is 4.90 Å². The van der Waals surface area contributed by atoms with Gasteiger partial charge in [0, 0.05) is 37.8 Å². The van der Waals surface area contributed by atoms with Gasteiger partial charge < -0.3 is 14.6 Å². The number of nitro groups is 1. The maximum Gasteiger partial charge on any atom is 0.293 e. The summed E-state index contributed by atoms with van der Waals surface area (Å²) in [5.74, 6) is -0.278. The number of benzene rings is 1. The van der Waals surface area contributed by atoms with Crippen LogP contribution >= 0.6 is 0 Å². The summed E-state index contributed by atoms with van der Waals surface area (Å²) in [4.78, 5) is 23.9. The number of furan rings is 1. The lowest BCUT2D eigenvalue weighted by molar-refractivity contribution is -0.384. The molecule has 2 aromatic rings. The van der Waals surface area contributed by atoms with Crippen LogP contribution in [0.25, 0.3) is 0 Å². The maximum atomic E-state index is 11.8. The SMILES string of the molecule is CN(C)C(=O)c1ccc(NCc2ccoc2)c([N+](=O)[O-])c1. The quantitative estimate of drug-likeness (QED) is 0.674. The molecule has 0 atom stereocenters. The van der Waals surface area contributed by atoms with Gasteiger partial charge >= 0.3 is 0 Å². The number of hydrogen-bond donors (Lipinski definition) is 1. The molecule has 7 nitrogen and oxygen atoms in total. The van der Waals surface area contributed by atoms with Crippen LogP contribution in [0.5, 0.6) is 0 Å². The third-order valence-electron chi connectivity index (χ3n) is 2.91. The van der Waals surface area contributed by atoms with Crippen molar-refractivity contribution >= 4 is 17.3 Å². The second-order valence-corrected chi connectivity index (χ2v) is 4.67. The summed E-state index contributed by atoms with van der Waals surface area (Å²) < 4.78 is 4.93. The van der Waals surface area contributed by atoms with Gasteiger partial charge in [-0.15, -0.1) is 0 Å². The zero-order valence-electron chi connectivity index (χ0n) is 11.7. The number of nitro benzene ring substituents is 1. The molecule has 0 radical (unpaired) electrons. The molecule has 0 aliphatic heterocycles. The molecule has 1 amide bonds. The summed E-state index contributed by atoms with van der Waals surface area (Å²) in [5, 5.41) is 14.1. The van der Waals surface area contributed by atoms with Gasteiger partial charge in [-0.1, -0.05) is 0 Å². The van der Waals surface area contributed by atoms with Crippen molar-refractivity contribution in [3.63, 3.8) is 0 Å². The number of amides is 1. The van der Waals surface area contributed by atoms with Crippen LogP contribution in [0.4, 0.5) is 11.4 Å². The van der Waals surface area contributed by atoms with Gasteiger partial charge in [0.2, 0.25) is 0 Å². The fraction of sp³-hybridized carbons (Fsp3) is 0.214. The van der Waals surface area contributed by atoms with Crippen LogP contribution in [0, 0.1) is 10.1 Å². The molecule has 0 fully saturated rings. The Morgan fingerprint density at radius 2 is 2.14 bits per heavy atom. The molecule has 1 aromatic carbocycles. The van der Waals surface area contributed by atoms with E-state index in [4.69, 9.17) is 4.42 Å². The van der Waals surface area contributed by atoms with Gasteiger partial charge in [-0.05, 0) is 18.2 Å². The highest BCUT2D eigenvalue weighted by Crippen LogP contribution is 2.26. The van der Waals surface area contributed by atoms with Gasteiger partial charge in [0.25, 0.3) is 11.6 Å². The van der Waals surface area contributed by atoms with Crippen molar-refractivity contribution < 1.29 is 14.1 Å². The molecule has 0 spiro atoms. The van der Waals surface area contributed by atoms with E-state index in [-0.39, 0.29) is 17.2 Å². The normalized spacial score (nSPS) is 10.2. The number of hydrogen-bond acceptors (Lipinski definition) is 5. The van der Waals surface area contributed by atoms with Gasteiger partial charge in [-0.2, -0.15) is 0 Å². The van der Waals surface area contributed by atoms with Gasteiger partial charge in [0.15, 0.2) is 0 Å². The molecule has 7 heteroatoms. The Labute approximate surface area is 121 Å². The van der Waals surface area contributed by atoms with E-state index in [0.29, 0.717) is 12.2 Å². The van der Waals surface area contributed by atoms with E-state index in [1.54, 1.807) is 32.5 Å². The standard InChI is InChI=1S/C14H15N3O4/c1-16(2)14(18)11-3-4-12(13(7-11)17(19)20)15-8-10-5-6-21-9-10/h3-7,9,15H,8H2,1-2H3. The Morgan fingerprint density at radius 3 is 2.71 bits per heavy atom. The first-order chi connectivity index (χ1) is 9.99. The number of anilines is 1. The van der Waals surface area contributed by atoms with Crippen LogP contribution in [0.15, 0.2) is 41.2 Å². The van der Waals surface area contributed by atoms with Gasteiger partial charge in [-0.3, -0.25) is 14.9 Å². The predicted octanol–water partition coefficient (Wildman–Crippen LogP) is 2.50. The van der Waals surface area contributed by atoms with E-state index in [9.17, 15) is 14.9 Å². The minimum absolute atomic E-state index is 0.133. The van der Waals surface area contributed by atoms with E-state index < -0.39 is 4.92 Å². The van der Waals surface area contributed by atoms with Crippen LogP contribution < -0.4 is 5.32 Å². The Hall–Kier alpha value is -2.83. The maximum absolute atomic E-state index is 11.8. The van der Waals surface area contributed by atoms with Crippen LogP contribution in [0.2, 0.25) is 0 Å².